The number of hydrogen-bond donors (Lipinski definition) is 0. The fourth-order valence-electron chi connectivity index (χ4n) is 1.54. The molecular weight excluding hydrogens is 230 g/mol. The molecule has 2 heterocycles. The highest BCUT2D eigenvalue weighted by Crippen LogP contribution is 2.24. The molecule has 1 aliphatic heterocycles. The van der Waals surface area contributed by atoms with E-state index < -0.39 is 6.04 Å². The molecule has 0 aliphatic carbocycles. The minimum Gasteiger partial charge on any atom is -0.315 e. The summed E-state index contributed by atoms with van der Waals surface area (Å²) < 4.78 is 0. The number of imide groups is 1. The Kier molecular flexibility index (Phi) is 2.55. The van der Waals surface area contributed by atoms with Gasteiger partial charge < -0.3 is 4.90 Å². The number of halogens is 1. The molecule has 6 heteroatoms. The highest BCUT2D eigenvalue weighted by molar-refractivity contribution is 6.30. The molecule has 0 radical (unpaired) electrons. The molecule has 16 heavy (non-hydrogen) atoms. The molecule has 0 aromatic carbocycles. The summed E-state index contributed by atoms with van der Waals surface area (Å²) in [6.45, 7) is 1.68. The Morgan fingerprint density at radius 2 is 2.12 bits per heavy atom. The smallest absolute Gasteiger partial charge is 0.315 e. The molecule has 84 valence electrons. The van der Waals surface area contributed by atoms with Crippen LogP contribution in [-0.2, 0) is 4.79 Å². The van der Waals surface area contributed by atoms with Gasteiger partial charge in [-0.1, -0.05) is 11.6 Å². The van der Waals surface area contributed by atoms with Crippen molar-refractivity contribution in [1.29, 1.82) is 0 Å². The summed E-state index contributed by atoms with van der Waals surface area (Å²) in [7, 11) is 1.59. The zero-order valence-electron chi connectivity index (χ0n) is 8.85. The molecule has 0 N–H and O–H groups in total. The van der Waals surface area contributed by atoms with Gasteiger partial charge in [-0.2, -0.15) is 0 Å². The predicted molar refractivity (Wildman–Crippen MR) is 59.4 cm³/mol. The zero-order valence-corrected chi connectivity index (χ0v) is 9.60. The second kappa shape index (κ2) is 3.75. The number of carbonyl (C=O) groups is 2. The van der Waals surface area contributed by atoms with E-state index in [1.165, 1.54) is 17.2 Å². The summed E-state index contributed by atoms with van der Waals surface area (Å²) in [6, 6.07) is 2.27. The number of amides is 3. The van der Waals surface area contributed by atoms with Gasteiger partial charge in [0.2, 0.25) is 0 Å². The lowest BCUT2D eigenvalue weighted by Gasteiger charge is -2.13. The molecule has 0 bridgehead atoms. The largest absolute Gasteiger partial charge is 0.331 e. The van der Waals surface area contributed by atoms with Crippen LogP contribution in [0, 0.1) is 0 Å². The van der Waals surface area contributed by atoms with E-state index in [4.69, 9.17) is 11.6 Å². The van der Waals surface area contributed by atoms with Crippen LogP contribution in [0.3, 0.4) is 0 Å². The van der Waals surface area contributed by atoms with Crippen molar-refractivity contribution in [3.05, 3.63) is 23.5 Å². The molecule has 3 amide bonds. The molecular formula is C10H10ClN3O2. The molecule has 2 rings (SSSR count). The number of nitrogens with zero attached hydrogens (tertiary/aromatic N) is 3. The Hall–Kier alpha value is -1.62. The summed E-state index contributed by atoms with van der Waals surface area (Å²) in [5.41, 5.74) is 0.450. The monoisotopic (exact) mass is 239 g/mol. The van der Waals surface area contributed by atoms with Crippen LogP contribution in [0.1, 0.15) is 6.92 Å². The number of rotatable bonds is 1. The van der Waals surface area contributed by atoms with Crippen molar-refractivity contribution in [2.45, 2.75) is 13.0 Å². The van der Waals surface area contributed by atoms with E-state index in [9.17, 15) is 9.59 Å². The minimum absolute atomic E-state index is 0.250. The summed E-state index contributed by atoms with van der Waals surface area (Å²) in [4.78, 5) is 29.9. The van der Waals surface area contributed by atoms with Crippen molar-refractivity contribution >= 4 is 29.2 Å². The Labute approximate surface area is 97.6 Å². The van der Waals surface area contributed by atoms with Crippen LogP contribution in [0.15, 0.2) is 18.3 Å². The van der Waals surface area contributed by atoms with Crippen LogP contribution in [-0.4, -0.2) is 34.9 Å². The predicted octanol–water partition coefficient (Wildman–Crippen LogP) is 1.52. The first-order valence-corrected chi connectivity index (χ1v) is 5.12. The van der Waals surface area contributed by atoms with E-state index in [-0.39, 0.29) is 17.1 Å². The van der Waals surface area contributed by atoms with Crippen LogP contribution in [0.5, 0.6) is 0 Å². The lowest BCUT2D eigenvalue weighted by molar-refractivity contribution is -0.119. The fraction of sp³-hybridized carbons (Fsp3) is 0.300. The van der Waals surface area contributed by atoms with Crippen LogP contribution in [0.4, 0.5) is 10.5 Å². The van der Waals surface area contributed by atoms with Crippen LogP contribution in [0.25, 0.3) is 0 Å². The van der Waals surface area contributed by atoms with Gasteiger partial charge in [-0.05, 0) is 19.1 Å². The van der Waals surface area contributed by atoms with Crippen molar-refractivity contribution in [2.75, 3.05) is 11.9 Å². The molecule has 1 unspecified atom stereocenters. The highest BCUT2D eigenvalue weighted by atomic mass is 35.5. The Morgan fingerprint density at radius 1 is 1.44 bits per heavy atom. The molecule has 1 saturated heterocycles. The van der Waals surface area contributed by atoms with E-state index in [1.807, 2.05) is 0 Å². The highest BCUT2D eigenvalue weighted by Gasteiger charge is 2.41. The Balaban J connectivity index is 2.42. The number of urea groups is 1. The molecule has 1 fully saturated rings. The third-order valence-electron chi connectivity index (χ3n) is 2.62. The summed E-state index contributed by atoms with van der Waals surface area (Å²) in [6.07, 6.45) is 1.46. The SMILES string of the molecule is CC1C(=O)N(c2ccnc(Cl)c2)C(=O)N1C. The second-order valence-electron chi connectivity index (χ2n) is 3.58. The summed E-state index contributed by atoms with van der Waals surface area (Å²) in [5, 5.41) is 0.250. The van der Waals surface area contributed by atoms with Crippen molar-refractivity contribution in [1.82, 2.24) is 9.88 Å². The van der Waals surface area contributed by atoms with E-state index >= 15 is 0 Å². The molecule has 0 spiro atoms. The van der Waals surface area contributed by atoms with Crippen molar-refractivity contribution < 1.29 is 9.59 Å². The maximum atomic E-state index is 11.8. The average molecular weight is 240 g/mol. The van der Waals surface area contributed by atoms with Gasteiger partial charge in [0.1, 0.15) is 11.2 Å². The standard InChI is InChI=1S/C10H10ClN3O2/c1-6-9(15)14(10(16)13(6)2)7-3-4-12-8(11)5-7/h3-6H,1-2H3. The molecule has 5 nitrogen and oxygen atoms in total. The van der Waals surface area contributed by atoms with Gasteiger partial charge in [-0.15, -0.1) is 0 Å². The van der Waals surface area contributed by atoms with E-state index in [2.05, 4.69) is 4.98 Å². The van der Waals surface area contributed by atoms with Crippen molar-refractivity contribution in [3.8, 4) is 0 Å². The minimum atomic E-state index is -0.445. The topological polar surface area (TPSA) is 53.5 Å². The number of pyridine rings is 1. The molecule has 0 saturated carbocycles. The quantitative estimate of drug-likeness (QED) is 0.552. The van der Waals surface area contributed by atoms with E-state index in [0.717, 1.165) is 4.90 Å². The second-order valence-corrected chi connectivity index (χ2v) is 3.97. The summed E-state index contributed by atoms with van der Waals surface area (Å²) in [5.74, 6) is -0.255. The number of aromatic nitrogens is 1. The summed E-state index contributed by atoms with van der Waals surface area (Å²) >= 11 is 5.72. The average Bonchev–Trinajstić information content (AvgIpc) is 2.44. The normalized spacial score (nSPS) is 20.8. The van der Waals surface area contributed by atoms with Gasteiger partial charge in [0.15, 0.2) is 0 Å². The maximum absolute atomic E-state index is 11.8. The van der Waals surface area contributed by atoms with Gasteiger partial charge in [-0.3, -0.25) is 4.79 Å². The van der Waals surface area contributed by atoms with Crippen LogP contribution in [0.2, 0.25) is 5.15 Å². The van der Waals surface area contributed by atoms with Gasteiger partial charge in [0.05, 0.1) is 5.69 Å². The van der Waals surface area contributed by atoms with E-state index in [0.29, 0.717) is 5.69 Å². The number of anilines is 1. The molecule has 1 atom stereocenters. The Morgan fingerprint density at radius 3 is 2.62 bits per heavy atom. The maximum Gasteiger partial charge on any atom is 0.331 e. The van der Waals surface area contributed by atoms with Crippen LogP contribution < -0.4 is 4.90 Å². The third kappa shape index (κ3) is 1.53. The number of hydrogen-bond acceptors (Lipinski definition) is 3. The fourth-order valence-corrected chi connectivity index (χ4v) is 1.71. The molecule has 1 aliphatic rings. The first kappa shape index (κ1) is 10.9. The number of likely N-dealkylation sites (N-methyl/N-ethyl adjacent to an activating group) is 1. The van der Waals surface area contributed by atoms with Gasteiger partial charge in [0.25, 0.3) is 5.91 Å². The van der Waals surface area contributed by atoms with Gasteiger partial charge in [-0.25, -0.2) is 14.7 Å². The van der Waals surface area contributed by atoms with Gasteiger partial charge in [0, 0.05) is 13.2 Å². The first-order chi connectivity index (χ1) is 7.52. The first-order valence-electron chi connectivity index (χ1n) is 4.74. The lowest BCUT2D eigenvalue weighted by Crippen LogP contribution is -2.31. The molecule has 1 aromatic rings. The lowest BCUT2D eigenvalue weighted by atomic mass is 10.3. The van der Waals surface area contributed by atoms with Crippen molar-refractivity contribution in [2.24, 2.45) is 0 Å². The Bertz CT molecular complexity index is 443. The molecule has 1 aromatic heterocycles. The van der Waals surface area contributed by atoms with Crippen LogP contribution >= 0.6 is 11.6 Å². The van der Waals surface area contributed by atoms with E-state index in [1.54, 1.807) is 20.0 Å². The number of carbonyl (C=O) groups excluding carboxylic acids is 2. The van der Waals surface area contributed by atoms with Crippen molar-refractivity contribution in [3.63, 3.8) is 0 Å². The zero-order chi connectivity index (χ0) is 11.9. The van der Waals surface area contributed by atoms with Gasteiger partial charge >= 0.3 is 6.03 Å². The third-order valence-corrected chi connectivity index (χ3v) is 2.83.